The van der Waals surface area contributed by atoms with Gasteiger partial charge < -0.3 is 9.64 Å². The van der Waals surface area contributed by atoms with E-state index < -0.39 is 5.92 Å². The molecule has 0 fully saturated rings. The highest BCUT2D eigenvalue weighted by Gasteiger charge is 2.43. The number of halogens is 3. The van der Waals surface area contributed by atoms with E-state index in [-0.39, 0.29) is 18.2 Å². The lowest BCUT2D eigenvalue weighted by Gasteiger charge is -2.42. The summed E-state index contributed by atoms with van der Waals surface area (Å²) in [6.45, 7) is 0.262. The maximum atomic E-state index is 13.3. The molecule has 34 heavy (non-hydrogen) atoms. The van der Waals surface area contributed by atoms with Crippen molar-refractivity contribution >= 4 is 46.4 Å². The fourth-order valence-corrected chi connectivity index (χ4v) is 6.04. The summed E-state index contributed by atoms with van der Waals surface area (Å²) in [5.74, 6) is 0.0646. The van der Waals surface area contributed by atoms with Crippen LogP contribution in [-0.2, 0) is 16.2 Å². The van der Waals surface area contributed by atoms with Crippen LogP contribution < -0.4 is 4.74 Å². The second kappa shape index (κ2) is 9.41. The quantitative estimate of drug-likeness (QED) is 0.429. The van der Waals surface area contributed by atoms with Crippen LogP contribution in [0.3, 0.4) is 0 Å². The van der Waals surface area contributed by atoms with Crippen molar-refractivity contribution in [1.29, 1.82) is 0 Å². The van der Waals surface area contributed by atoms with Crippen LogP contribution >= 0.6 is 34.8 Å². The Morgan fingerprint density at radius 1 is 0.853 bits per heavy atom. The van der Waals surface area contributed by atoms with Gasteiger partial charge in [0.25, 0.3) is 0 Å². The van der Waals surface area contributed by atoms with Crippen LogP contribution in [0.15, 0.2) is 58.9 Å². The Morgan fingerprint density at radius 3 is 2.03 bits per heavy atom. The van der Waals surface area contributed by atoms with Gasteiger partial charge in [-0.2, -0.15) is 0 Å². The molecule has 5 rings (SSSR count). The van der Waals surface area contributed by atoms with Gasteiger partial charge in [-0.25, -0.2) is 0 Å². The smallest absolute Gasteiger partial charge is 0.161 e. The van der Waals surface area contributed by atoms with E-state index in [0.29, 0.717) is 50.4 Å². The third-order valence-corrected chi connectivity index (χ3v) is 7.64. The van der Waals surface area contributed by atoms with Crippen LogP contribution in [0.2, 0.25) is 15.1 Å². The van der Waals surface area contributed by atoms with Gasteiger partial charge in [0, 0.05) is 64.0 Å². The Labute approximate surface area is 214 Å². The summed E-state index contributed by atoms with van der Waals surface area (Å²) in [7, 11) is 1.97. The molecule has 0 spiro atoms. The molecule has 0 radical (unpaired) electrons. The molecule has 2 aromatic rings. The van der Waals surface area contributed by atoms with Crippen LogP contribution in [-0.4, -0.2) is 23.5 Å². The number of carbonyl (C=O) groups excluding carboxylic acids is 2. The fraction of sp³-hybridized carbons (Fsp3) is 0.333. The second-order valence-electron chi connectivity index (χ2n) is 8.99. The predicted molar refractivity (Wildman–Crippen MR) is 135 cm³/mol. The summed E-state index contributed by atoms with van der Waals surface area (Å²) in [5.41, 5.74) is 4.94. The van der Waals surface area contributed by atoms with E-state index in [2.05, 4.69) is 4.90 Å². The van der Waals surface area contributed by atoms with E-state index in [1.165, 1.54) is 0 Å². The number of hydrogen-bond acceptors (Lipinski definition) is 4. The van der Waals surface area contributed by atoms with Gasteiger partial charge in [-0.3, -0.25) is 9.59 Å². The van der Waals surface area contributed by atoms with Crippen molar-refractivity contribution in [2.24, 2.45) is 0 Å². The first-order chi connectivity index (χ1) is 16.3. The van der Waals surface area contributed by atoms with Crippen molar-refractivity contribution in [3.8, 4) is 5.75 Å². The summed E-state index contributed by atoms with van der Waals surface area (Å²) in [4.78, 5) is 28.7. The maximum Gasteiger partial charge on any atom is 0.161 e. The summed E-state index contributed by atoms with van der Waals surface area (Å²) in [5, 5.41) is 1.44. The SMILES string of the molecule is CN1C2=C(C(=O)CCC2)C(c2cc(Cl)cc(Cl)c2OCc2ccc(Cl)cc2)C2=C1CCCC2=O. The third kappa shape index (κ3) is 4.17. The van der Waals surface area contributed by atoms with Crippen molar-refractivity contribution in [2.45, 2.75) is 51.0 Å². The topological polar surface area (TPSA) is 46.6 Å². The second-order valence-corrected chi connectivity index (χ2v) is 10.3. The molecule has 0 saturated heterocycles. The average molecular weight is 517 g/mol. The number of Topliss-reactive ketones (excluding diaryl/α,β-unsaturated/α-hetero) is 2. The minimum absolute atomic E-state index is 0.0720. The number of ketones is 2. The van der Waals surface area contributed by atoms with Gasteiger partial charge in [-0.05, 0) is 55.5 Å². The number of nitrogens with zero attached hydrogens (tertiary/aromatic N) is 1. The van der Waals surface area contributed by atoms with Crippen LogP contribution in [0.1, 0.15) is 55.6 Å². The van der Waals surface area contributed by atoms with Crippen molar-refractivity contribution in [1.82, 2.24) is 4.90 Å². The molecule has 0 bridgehead atoms. The molecule has 176 valence electrons. The van der Waals surface area contributed by atoms with Crippen LogP contribution in [0, 0.1) is 0 Å². The molecular formula is C27H24Cl3NO3. The zero-order valence-corrected chi connectivity index (χ0v) is 21.1. The number of carbonyl (C=O) groups is 2. The Morgan fingerprint density at radius 2 is 1.44 bits per heavy atom. The highest BCUT2D eigenvalue weighted by Crippen LogP contribution is 2.52. The zero-order valence-electron chi connectivity index (χ0n) is 18.8. The van der Waals surface area contributed by atoms with Crippen molar-refractivity contribution in [3.05, 3.63) is 85.1 Å². The summed E-state index contributed by atoms with van der Waals surface area (Å²) >= 11 is 19.1. The average Bonchev–Trinajstić information content (AvgIpc) is 2.80. The number of ether oxygens (including phenoxy) is 1. The lowest BCUT2D eigenvalue weighted by molar-refractivity contribution is -0.117. The lowest BCUT2D eigenvalue weighted by Crippen LogP contribution is -2.37. The minimum Gasteiger partial charge on any atom is -0.487 e. The molecule has 4 nitrogen and oxygen atoms in total. The summed E-state index contributed by atoms with van der Waals surface area (Å²) in [6.07, 6.45) is 4.15. The van der Waals surface area contributed by atoms with Gasteiger partial charge in [-0.15, -0.1) is 0 Å². The van der Waals surface area contributed by atoms with Gasteiger partial charge >= 0.3 is 0 Å². The van der Waals surface area contributed by atoms with E-state index in [1.807, 2.05) is 19.2 Å². The van der Waals surface area contributed by atoms with Crippen LogP contribution in [0.5, 0.6) is 5.75 Å². The molecule has 3 aliphatic rings. The molecule has 0 unspecified atom stereocenters. The molecule has 2 aromatic carbocycles. The van der Waals surface area contributed by atoms with E-state index >= 15 is 0 Å². The Hall–Kier alpha value is -2.27. The molecular weight excluding hydrogens is 493 g/mol. The fourth-order valence-electron chi connectivity index (χ4n) is 5.35. The van der Waals surface area contributed by atoms with E-state index in [1.54, 1.807) is 24.3 Å². The summed E-state index contributed by atoms with van der Waals surface area (Å²) in [6, 6.07) is 10.8. The monoisotopic (exact) mass is 515 g/mol. The first kappa shape index (κ1) is 23.5. The molecule has 0 amide bonds. The number of benzene rings is 2. The molecule has 1 heterocycles. The summed E-state index contributed by atoms with van der Waals surface area (Å²) < 4.78 is 6.24. The third-order valence-electron chi connectivity index (χ3n) is 6.89. The van der Waals surface area contributed by atoms with Crippen molar-refractivity contribution in [2.75, 3.05) is 7.05 Å². The standard InChI is InChI=1S/C27H24Cl3NO3/c1-31-20-4-2-6-22(32)25(20)24(26-21(31)5-3-7-23(26)33)18-12-17(29)13-19(30)27(18)34-14-15-8-10-16(28)11-9-15/h8-13,24H,2-7,14H2,1H3. The van der Waals surface area contributed by atoms with Crippen molar-refractivity contribution < 1.29 is 14.3 Å². The van der Waals surface area contributed by atoms with E-state index in [4.69, 9.17) is 39.5 Å². The Kier molecular flexibility index (Phi) is 6.49. The number of rotatable bonds is 4. The van der Waals surface area contributed by atoms with E-state index in [9.17, 15) is 9.59 Å². The van der Waals surface area contributed by atoms with Gasteiger partial charge in [0.1, 0.15) is 12.4 Å². The molecule has 1 aliphatic heterocycles. The highest BCUT2D eigenvalue weighted by atomic mass is 35.5. The highest BCUT2D eigenvalue weighted by molar-refractivity contribution is 6.35. The normalized spacial score (nSPS) is 18.9. The van der Waals surface area contributed by atoms with Gasteiger partial charge in [0.2, 0.25) is 0 Å². The minimum atomic E-state index is -0.529. The van der Waals surface area contributed by atoms with Gasteiger partial charge in [0.05, 0.1) is 5.02 Å². The molecule has 0 atom stereocenters. The first-order valence-electron chi connectivity index (χ1n) is 11.5. The lowest BCUT2D eigenvalue weighted by atomic mass is 9.71. The molecule has 0 N–H and O–H groups in total. The molecule has 0 aromatic heterocycles. The van der Waals surface area contributed by atoms with Gasteiger partial charge in [-0.1, -0.05) is 46.9 Å². The molecule has 0 saturated carbocycles. The molecule has 7 heteroatoms. The zero-order chi connectivity index (χ0) is 24.0. The molecule has 2 aliphatic carbocycles. The first-order valence-corrected chi connectivity index (χ1v) is 12.6. The van der Waals surface area contributed by atoms with Gasteiger partial charge in [0.15, 0.2) is 11.6 Å². The van der Waals surface area contributed by atoms with Crippen LogP contribution in [0.4, 0.5) is 0 Å². The maximum absolute atomic E-state index is 13.3. The number of hydrogen-bond donors (Lipinski definition) is 0. The van der Waals surface area contributed by atoms with E-state index in [0.717, 1.165) is 42.6 Å². The number of allylic oxidation sites excluding steroid dienone is 4. The van der Waals surface area contributed by atoms with Crippen molar-refractivity contribution in [3.63, 3.8) is 0 Å². The Bertz CT molecular complexity index is 1200. The predicted octanol–water partition coefficient (Wildman–Crippen LogP) is 7.27. The largest absolute Gasteiger partial charge is 0.487 e. The van der Waals surface area contributed by atoms with Crippen LogP contribution in [0.25, 0.3) is 0 Å². The Balaban J connectivity index is 1.66.